The van der Waals surface area contributed by atoms with Gasteiger partial charge < -0.3 is 5.32 Å². The Morgan fingerprint density at radius 2 is 2.11 bits per heavy atom. The smallest absolute Gasteiger partial charge is 0.132 e. The molecule has 1 heterocycles. The van der Waals surface area contributed by atoms with E-state index in [4.69, 9.17) is 0 Å². The average Bonchev–Trinajstić information content (AvgIpc) is 3.09. The fourth-order valence-electron chi connectivity index (χ4n) is 2.00. The van der Waals surface area contributed by atoms with Crippen LogP contribution in [0.2, 0.25) is 0 Å². The van der Waals surface area contributed by atoms with Gasteiger partial charge in [-0.25, -0.2) is 4.39 Å². The van der Waals surface area contributed by atoms with E-state index >= 15 is 0 Å². The molecule has 18 heavy (non-hydrogen) atoms. The molecular weight excluding hydrogens is 245 g/mol. The first-order chi connectivity index (χ1) is 8.72. The summed E-state index contributed by atoms with van der Waals surface area (Å²) in [5, 5.41) is 3.40. The molecule has 0 aliphatic heterocycles. The Balaban J connectivity index is 1.79. The first-order valence-electron chi connectivity index (χ1n) is 6.31. The lowest BCUT2D eigenvalue weighted by atomic mass is 10.1. The van der Waals surface area contributed by atoms with Crippen molar-refractivity contribution < 1.29 is 4.39 Å². The third kappa shape index (κ3) is 2.62. The largest absolute Gasteiger partial charge is 0.310 e. The quantitative estimate of drug-likeness (QED) is 0.873. The van der Waals surface area contributed by atoms with Crippen LogP contribution < -0.4 is 5.32 Å². The summed E-state index contributed by atoms with van der Waals surface area (Å²) in [6.07, 6.45) is 2.52. The van der Waals surface area contributed by atoms with Crippen LogP contribution in [0, 0.1) is 12.7 Å². The molecule has 1 aliphatic carbocycles. The summed E-state index contributed by atoms with van der Waals surface area (Å²) in [5.74, 6) is -0.119. The van der Waals surface area contributed by atoms with Gasteiger partial charge in [-0.3, -0.25) is 0 Å². The summed E-state index contributed by atoms with van der Waals surface area (Å²) >= 11 is 1.63. The summed E-state index contributed by atoms with van der Waals surface area (Å²) in [4.78, 5) is 2.22. The van der Waals surface area contributed by atoms with Gasteiger partial charge in [-0.1, -0.05) is 12.1 Å². The van der Waals surface area contributed by atoms with E-state index in [0.29, 0.717) is 11.6 Å². The maximum atomic E-state index is 14.1. The van der Waals surface area contributed by atoms with Gasteiger partial charge in [-0.15, -0.1) is 11.3 Å². The third-order valence-electron chi connectivity index (χ3n) is 3.21. The highest BCUT2D eigenvalue weighted by atomic mass is 32.1. The number of hydrogen-bond donors (Lipinski definition) is 1. The van der Waals surface area contributed by atoms with E-state index in [1.807, 2.05) is 31.2 Å². The Bertz CT molecular complexity index is 557. The zero-order valence-electron chi connectivity index (χ0n) is 10.4. The number of thiophene rings is 1. The fourth-order valence-corrected chi connectivity index (χ4v) is 2.89. The van der Waals surface area contributed by atoms with Crippen molar-refractivity contribution in [2.75, 3.05) is 0 Å². The number of rotatable bonds is 4. The number of benzene rings is 1. The normalized spacial score (nSPS) is 15.0. The van der Waals surface area contributed by atoms with Crippen molar-refractivity contribution in [1.82, 2.24) is 5.32 Å². The summed E-state index contributed by atoms with van der Waals surface area (Å²) in [6, 6.07) is 10.2. The number of nitrogens with one attached hydrogen (secondary N) is 1. The highest BCUT2D eigenvalue weighted by Gasteiger charge is 2.20. The lowest BCUT2D eigenvalue weighted by Gasteiger charge is -2.06. The highest BCUT2D eigenvalue weighted by Crippen LogP contribution is 2.30. The van der Waals surface area contributed by atoms with Crippen molar-refractivity contribution >= 4 is 11.3 Å². The molecule has 1 aromatic heterocycles. The predicted octanol–water partition coefficient (Wildman–Crippen LogP) is 4.11. The zero-order chi connectivity index (χ0) is 12.5. The standard InChI is InChI=1S/C15H16FNS/c1-10-2-7-15(18-10)13-6-3-11(8-14(13)16)9-17-12-4-5-12/h2-3,6-8,12,17H,4-5,9H2,1H3. The van der Waals surface area contributed by atoms with Crippen LogP contribution in [0.5, 0.6) is 0 Å². The van der Waals surface area contributed by atoms with E-state index in [1.165, 1.54) is 17.7 Å². The molecule has 1 fully saturated rings. The summed E-state index contributed by atoms with van der Waals surface area (Å²) in [5.41, 5.74) is 1.74. The third-order valence-corrected chi connectivity index (χ3v) is 4.25. The Morgan fingerprint density at radius 3 is 2.72 bits per heavy atom. The minimum atomic E-state index is -0.119. The van der Waals surface area contributed by atoms with E-state index in [2.05, 4.69) is 5.32 Å². The highest BCUT2D eigenvalue weighted by molar-refractivity contribution is 7.15. The molecule has 1 N–H and O–H groups in total. The van der Waals surface area contributed by atoms with E-state index in [9.17, 15) is 4.39 Å². The zero-order valence-corrected chi connectivity index (χ0v) is 11.2. The van der Waals surface area contributed by atoms with Crippen LogP contribution in [0.4, 0.5) is 4.39 Å². The molecule has 94 valence electrons. The molecule has 1 aliphatic rings. The molecule has 0 spiro atoms. The molecule has 0 amide bonds. The number of halogens is 1. The van der Waals surface area contributed by atoms with Gasteiger partial charge in [0.2, 0.25) is 0 Å². The Kier molecular flexibility index (Phi) is 3.18. The van der Waals surface area contributed by atoms with Crippen molar-refractivity contribution in [1.29, 1.82) is 0 Å². The molecule has 0 radical (unpaired) electrons. The Labute approximate surface area is 111 Å². The van der Waals surface area contributed by atoms with Gasteiger partial charge in [0.25, 0.3) is 0 Å². The van der Waals surface area contributed by atoms with Crippen LogP contribution in [-0.2, 0) is 6.54 Å². The Morgan fingerprint density at radius 1 is 1.28 bits per heavy atom. The Hall–Kier alpha value is -1.19. The average molecular weight is 261 g/mol. The van der Waals surface area contributed by atoms with Crippen LogP contribution in [0.25, 0.3) is 10.4 Å². The summed E-state index contributed by atoms with van der Waals surface area (Å²) in [6.45, 7) is 2.81. The molecule has 3 rings (SSSR count). The van der Waals surface area contributed by atoms with Crippen LogP contribution in [-0.4, -0.2) is 6.04 Å². The summed E-state index contributed by atoms with van der Waals surface area (Å²) < 4.78 is 14.1. The van der Waals surface area contributed by atoms with Crippen LogP contribution in [0.1, 0.15) is 23.3 Å². The van der Waals surface area contributed by atoms with Gasteiger partial charge in [0.05, 0.1) is 0 Å². The van der Waals surface area contributed by atoms with Crippen molar-refractivity contribution in [3.05, 3.63) is 46.6 Å². The van der Waals surface area contributed by atoms with E-state index in [1.54, 1.807) is 17.4 Å². The maximum Gasteiger partial charge on any atom is 0.132 e. The second-order valence-corrected chi connectivity index (χ2v) is 6.17. The van der Waals surface area contributed by atoms with Gasteiger partial charge in [0.1, 0.15) is 5.82 Å². The monoisotopic (exact) mass is 261 g/mol. The number of aryl methyl sites for hydroxylation is 1. The lowest BCUT2D eigenvalue weighted by Crippen LogP contribution is -2.15. The maximum absolute atomic E-state index is 14.1. The first-order valence-corrected chi connectivity index (χ1v) is 7.12. The molecule has 1 saturated carbocycles. The van der Waals surface area contributed by atoms with Crippen molar-refractivity contribution in [3.63, 3.8) is 0 Å². The molecule has 2 aromatic rings. The molecule has 3 heteroatoms. The second kappa shape index (κ2) is 4.82. The van der Waals surface area contributed by atoms with Crippen molar-refractivity contribution in [3.8, 4) is 10.4 Å². The van der Waals surface area contributed by atoms with Gasteiger partial charge >= 0.3 is 0 Å². The van der Waals surface area contributed by atoms with Crippen LogP contribution in [0.3, 0.4) is 0 Å². The minimum absolute atomic E-state index is 0.119. The summed E-state index contributed by atoms with van der Waals surface area (Å²) in [7, 11) is 0. The predicted molar refractivity (Wildman–Crippen MR) is 74.3 cm³/mol. The molecular formula is C15H16FNS. The van der Waals surface area contributed by atoms with Crippen molar-refractivity contribution in [2.45, 2.75) is 32.4 Å². The molecule has 0 bridgehead atoms. The minimum Gasteiger partial charge on any atom is -0.310 e. The van der Waals surface area contributed by atoms with E-state index in [0.717, 1.165) is 17.0 Å². The van der Waals surface area contributed by atoms with E-state index < -0.39 is 0 Å². The second-order valence-electron chi connectivity index (χ2n) is 4.88. The van der Waals surface area contributed by atoms with Crippen LogP contribution in [0.15, 0.2) is 30.3 Å². The van der Waals surface area contributed by atoms with Gasteiger partial charge in [-0.2, -0.15) is 0 Å². The van der Waals surface area contributed by atoms with Gasteiger partial charge in [0.15, 0.2) is 0 Å². The van der Waals surface area contributed by atoms with Crippen molar-refractivity contribution in [2.24, 2.45) is 0 Å². The van der Waals surface area contributed by atoms with Gasteiger partial charge in [0, 0.05) is 27.9 Å². The fraction of sp³-hybridized carbons (Fsp3) is 0.333. The SMILES string of the molecule is Cc1ccc(-c2ccc(CNC3CC3)cc2F)s1. The molecule has 0 saturated heterocycles. The first kappa shape index (κ1) is 11.9. The molecule has 0 unspecified atom stereocenters. The van der Waals surface area contributed by atoms with Gasteiger partial charge in [-0.05, 0) is 43.5 Å². The number of hydrogen-bond acceptors (Lipinski definition) is 2. The topological polar surface area (TPSA) is 12.0 Å². The lowest BCUT2D eigenvalue weighted by molar-refractivity contribution is 0.623. The van der Waals surface area contributed by atoms with Crippen LogP contribution >= 0.6 is 11.3 Å². The van der Waals surface area contributed by atoms with E-state index in [-0.39, 0.29) is 5.82 Å². The molecule has 1 aromatic carbocycles. The molecule has 0 atom stereocenters. The molecule has 1 nitrogen and oxygen atoms in total.